The molecule has 0 amide bonds. The minimum atomic E-state index is -5.83. The smallest absolute Gasteiger partial charge is 0.319 e. The molecular weight excluding hydrogens is 351 g/mol. The number of hydrogen-bond acceptors (Lipinski definition) is 1. The molecular formula is C9H7BrClF6N. The van der Waals surface area contributed by atoms with Crippen LogP contribution in [0.3, 0.4) is 0 Å². The maximum atomic E-state index is 13.1. The van der Waals surface area contributed by atoms with Crippen LogP contribution in [0, 0.1) is 5.82 Å². The van der Waals surface area contributed by atoms with Gasteiger partial charge in [0, 0.05) is 10.0 Å². The van der Waals surface area contributed by atoms with Crippen LogP contribution in [0.15, 0.2) is 22.7 Å². The van der Waals surface area contributed by atoms with Crippen LogP contribution in [-0.2, 0) is 0 Å². The first-order valence-corrected chi connectivity index (χ1v) is 5.01. The highest BCUT2D eigenvalue weighted by molar-refractivity contribution is 9.10. The van der Waals surface area contributed by atoms with Crippen molar-refractivity contribution in [2.45, 2.75) is 18.1 Å². The summed E-state index contributed by atoms with van der Waals surface area (Å²) in [6, 6.07) is -0.0807. The topological polar surface area (TPSA) is 26.0 Å². The summed E-state index contributed by atoms with van der Waals surface area (Å²) in [7, 11) is 0. The average Bonchev–Trinajstić information content (AvgIpc) is 2.19. The van der Waals surface area contributed by atoms with Gasteiger partial charge in [-0.2, -0.15) is 22.0 Å². The van der Waals surface area contributed by atoms with Crippen molar-refractivity contribution >= 4 is 28.3 Å². The van der Waals surface area contributed by atoms with Crippen molar-refractivity contribution in [3.63, 3.8) is 0 Å². The van der Waals surface area contributed by atoms with Crippen LogP contribution in [0.2, 0.25) is 0 Å². The van der Waals surface area contributed by atoms with E-state index in [0.717, 1.165) is 18.2 Å². The molecule has 0 aliphatic heterocycles. The number of halogens is 8. The largest absolute Gasteiger partial charge is 0.455 e. The Hall–Kier alpha value is -0.470. The van der Waals surface area contributed by atoms with Crippen molar-refractivity contribution in [2.75, 3.05) is 0 Å². The Balaban J connectivity index is 0.00000289. The third-order valence-electron chi connectivity index (χ3n) is 2.06. The van der Waals surface area contributed by atoms with Gasteiger partial charge in [-0.1, -0.05) is 15.9 Å². The minimum absolute atomic E-state index is 0. The zero-order chi connectivity index (χ0) is 13.4. The monoisotopic (exact) mass is 357 g/mol. The van der Waals surface area contributed by atoms with Crippen molar-refractivity contribution in [1.82, 2.24) is 0 Å². The number of alkyl halides is 5. The molecule has 1 rings (SSSR count). The van der Waals surface area contributed by atoms with E-state index in [2.05, 4.69) is 15.9 Å². The fourth-order valence-corrected chi connectivity index (χ4v) is 1.50. The second kappa shape index (κ2) is 5.66. The van der Waals surface area contributed by atoms with E-state index in [1.807, 2.05) is 0 Å². The summed E-state index contributed by atoms with van der Waals surface area (Å²) < 4.78 is 75.2. The number of hydrogen-bond donors (Lipinski definition) is 1. The SMILES string of the molecule is Cl.N[C@@H](c1cc(Br)ccc1F)C(F)(F)C(F)(F)F. The van der Waals surface area contributed by atoms with Gasteiger partial charge in [-0.05, 0) is 18.2 Å². The van der Waals surface area contributed by atoms with Gasteiger partial charge in [0.1, 0.15) is 11.9 Å². The van der Waals surface area contributed by atoms with E-state index in [1.54, 1.807) is 0 Å². The molecule has 1 aromatic carbocycles. The first-order chi connectivity index (χ1) is 7.57. The van der Waals surface area contributed by atoms with Crippen LogP contribution in [0.5, 0.6) is 0 Å². The van der Waals surface area contributed by atoms with Crippen molar-refractivity contribution in [3.8, 4) is 0 Å². The van der Waals surface area contributed by atoms with Gasteiger partial charge >= 0.3 is 12.1 Å². The lowest BCUT2D eigenvalue weighted by molar-refractivity contribution is -0.291. The van der Waals surface area contributed by atoms with Gasteiger partial charge in [0.25, 0.3) is 0 Å². The van der Waals surface area contributed by atoms with E-state index in [9.17, 15) is 26.3 Å². The van der Waals surface area contributed by atoms with Crippen molar-refractivity contribution in [2.24, 2.45) is 5.73 Å². The Kier molecular flexibility index (Phi) is 5.52. The summed E-state index contributed by atoms with van der Waals surface area (Å²) in [5.41, 5.74) is 3.90. The molecule has 0 spiro atoms. The second-order valence-electron chi connectivity index (χ2n) is 3.26. The van der Waals surface area contributed by atoms with Gasteiger partial charge in [-0.3, -0.25) is 0 Å². The highest BCUT2D eigenvalue weighted by Crippen LogP contribution is 2.44. The lowest BCUT2D eigenvalue weighted by atomic mass is 10.0. The van der Waals surface area contributed by atoms with Crippen molar-refractivity contribution in [1.29, 1.82) is 0 Å². The van der Waals surface area contributed by atoms with Gasteiger partial charge in [-0.15, -0.1) is 12.4 Å². The highest BCUT2D eigenvalue weighted by atomic mass is 79.9. The molecule has 1 nitrogen and oxygen atoms in total. The Labute approximate surface area is 113 Å². The molecule has 1 aromatic rings. The highest BCUT2D eigenvalue weighted by Gasteiger charge is 2.62. The molecule has 0 aliphatic carbocycles. The Morgan fingerprint density at radius 3 is 2.06 bits per heavy atom. The van der Waals surface area contributed by atoms with Gasteiger partial charge in [0.2, 0.25) is 0 Å². The fraction of sp³-hybridized carbons (Fsp3) is 0.333. The molecule has 2 N–H and O–H groups in total. The Morgan fingerprint density at radius 2 is 1.61 bits per heavy atom. The van der Waals surface area contributed by atoms with E-state index < -0.39 is 29.5 Å². The summed E-state index contributed by atoms with van der Waals surface area (Å²) in [5, 5.41) is 0. The molecule has 0 fully saturated rings. The van der Waals surface area contributed by atoms with Crippen LogP contribution >= 0.6 is 28.3 Å². The van der Waals surface area contributed by atoms with E-state index in [0.29, 0.717) is 0 Å². The number of benzene rings is 1. The molecule has 0 heterocycles. The molecule has 104 valence electrons. The third kappa shape index (κ3) is 3.30. The van der Waals surface area contributed by atoms with E-state index in [1.165, 1.54) is 0 Å². The molecule has 0 aliphatic rings. The zero-order valence-corrected chi connectivity index (χ0v) is 10.8. The Bertz CT molecular complexity index is 422. The molecule has 9 heteroatoms. The lowest BCUT2D eigenvalue weighted by Gasteiger charge is -2.26. The maximum absolute atomic E-state index is 13.1. The summed E-state index contributed by atoms with van der Waals surface area (Å²) in [6.45, 7) is 0. The predicted molar refractivity (Wildman–Crippen MR) is 59.3 cm³/mol. The quantitative estimate of drug-likeness (QED) is 0.788. The van der Waals surface area contributed by atoms with Gasteiger partial charge in [0.15, 0.2) is 0 Å². The molecule has 0 saturated carbocycles. The van der Waals surface area contributed by atoms with Crippen LogP contribution in [0.4, 0.5) is 26.3 Å². The normalized spacial score (nSPS) is 14.0. The Morgan fingerprint density at radius 1 is 1.11 bits per heavy atom. The maximum Gasteiger partial charge on any atom is 0.455 e. The van der Waals surface area contributed by atoms with Crippen LogP contribution in [0.25, 0.3) is 0 Å². The van der Waals surface area contributed by atoms with Crippen molar-refractivity contribution < 1.29 is 26.3 Å². The molecule has 0 radical (unpaired) electrons. The molecule has 0 aromatic heterocycles. The second-order valence-corrected chi connectivity index (χ2v) is 4.18. The van der Waals surface area contributed by atoms with Gasteiger partial charge in [-0.25, -0.2) is 4.39 Å². The first-order valence-electron chi connectivity index (χ1n) is 4.22. The summed E-state index contributed by atoms with van der Waals surface area (Å²) in [4.78, 5) is 0. The number of nitrogens with two attached hydrogens (primary N) is 1. The minimum Gasteiger partial charge on any atom is -0.319 e. The molecule has 0 unspecified atom stereocenters. The van der Waals surface area contributed by atoms with E-state index in [-0.39, 0.29) is 16.9 Å². The van der Waals surface area contributed by atoms with Gasteiger partial charge < -0.3 is 5.73 Å². The molecule has 0 saturated heterocycles. The molecule has 0 bridgehead atoms. The van der Waals surface area contributed by atoms with Crippen LogP contribution in [0.1, 0.15) is 11.6 Å². The average molecular weight is 359 g/mol. The lowest BCUT2D eigenvalue weighted by Crippen LogP contribution is -2.46. The summed E-state index contributed by atoms with van der Waals surface area (Å²) >= 11 is 2.83. The third-order valence-corrected chi connectivity index (χ3v) is 2.55. The van der Waals surface area contributed by atoms with Crippen molar-refractivity contribution in [3.05, 3.63) is 34.1 Å². The number of rotatable bonds is 2. The van der Waals surface area contributed by atoms with Crippen LogP contribution < -0.4 is 5.73 Å². The standard InChI is InChI=1S/C9H6BrF6N.ClH/c10-4-1-2-6(11)5(3-4)7(17)8(12,13)9(14,15)16;/h1-3,7H,17H2;1H/t7-;/m0./s1. The molecule has 1 atom stereocenters. The fourth-order valence-electron chi connectivity index (χ4n) is 1.12. The predicted octanol–water partition coefficient (Wildman–Crippen LogP) is 4.21. The summed E-state index contributed by atoms with van der Waals surface area (Å²) in [6.07, 6.45) is -5.83. The zero-order valence-electron chi connectivity index (χ0n) is 8.44. The molecule has 18 heavy (non-hydrogen) atoms. The van der Waals surface area contributed by atoms with E-state index in [4.69, 9.17) is 5.73 Å². The first kappa shape index (κ1) is 17.5. The van der Waals surface area contributed by atoms with E-state index >= 15 is 0 Å². The van der Waals surface area contributed by atoms with Gasteiger partial charge in [0.05, 0.1) is 0 Å². The summed E-state index contributed by atoms with van der Waals surface area (Å²) in [5.74, 6) is -6.42. The van der Waals surface area contributed by atoms with Crippen LogP contribution in [-0.4, -0.2) is 12.1 Å².